The highest BCUT2D eigenvalue weighted by Gasteiger charge is 2.41. The predicted octanol–water partition coefficient (Wildman–Crippen LogP) is 22.6. The molecular formula is C88H68N4Si. The van der Waals surface area contributed by atoms with Crippen LogP contribution in [0.2, 0.25) is 13.1 Å². The SMILES string of the molecule is CC1(C)c2cc(N(c3ccc4ccccc4c3)c3ccc4c(c3)c3ccccc3n4-c3ccccc3)ccc2-c2ccc([Si](C)(C)c3ccc4c(c3)C(C)(C)c3cc(N(c5ccc6ccccc6c5)c5ccc6c(c5)c5ccccc5n6-c5ccccc5)ccc3-4)cc21. The Balaban J connectivity index is 0.695. The lowest BCUT2D eigenvalue weighted by Crippen LogP contribution is -2.53. The number of rotatable bonds is 10. The fourth-order valence-electron chi connectivity index (χ4n) is 16.1. The zero-order valence-corrected chi connectivity index (χ0v) is 54.2. The molecule has 0 N–H and O–H groups in total. The highest BCUT2D eigenvalue weighted by atomic mass is 28.3. The van der Waals surface area contributed by atoms with Gasteiger partial charge >= 0.3 is 0 Å². The maximum absolute atomic E-state index is 2.59. The van der Waals surface area contributed by atoms with Gasteiger partial charge in [-0.05, 0) is 187 Å². The molecule has 18 rings (SSSR count). The molecule has 5 heteroatoms. The third-order valence-corrected chi connectivity index (χ3v) is 24.6. The number of nitrogens with zero attached hydrogens (tertiary/aromatic N) is 4. The monoisotopic (exact) mass is 1210 g/mol. The molecule has 4 nitrogen and oxygen atoms in total. The average Bonchev–Trinajstić information content (AvgIpc) is 1.60. The van der Waals surface area contributed by atoms with Gasteiger partial charge in [-0.15, -0.1) is 0 Å². The second kappa shape index (κ2) is 20.5. The summed E-state index contributed by atoms with van der Waals surface area (Å²) in [5, 5.41) is 12.7. The average molecular weight is 1210 g/mol. The minimum absolute atomic E-state index is 0.254. The van der Waals surface area contributed by atoms with Crippen molar-refractivity contribution in [2.75, 3.05) is 9.80 Å². The van der Waals surface area contributed by atoms with E-state index in [0.717, 1.165) is 45.5 Å². The zero-order valence-electron chi connectivity index (χ0n) is 53.2. The smallest absolute Gasteiger partial charge is 0.112 e. The van der Waals surface area contributed by atoms with Gasteiger partial charge < -0.3 is 18.9 Å². The van der Waals surface area contributed by atoms with Crippen LogP contribution >= 0.6 is 0 Å². The minimum Gasteiger partial charge on any atom is -0.310 e. The van der Waals surface area contributed by atoms with Crippen LogP contribution in [0.5, 0.6) is 0 Å². The maximum Gasteiger partial charge on any atom is 0.112 e. The van der Waals surface area contributed by atoms with Crippen molar-refractivity contribution in [2.45, 2.75) is 51.6 Å². The first-order valence-electron chi connectivity index (χ1n) is 32.7. The number of aromatic nitrogens is 2. The Hall–Kier alpha value is -11.0. The van der Waals surface area contributed by atoms with E-state index >= 15 is 0 Å². The van der Waals surface area contributed by atoms with E-state index < -0.39 is 8.07 Å². The van der Waals surface area contributed by atoms with Gasteiger partial charge in [-0.3, -0.25) is 0 Å². The molecule has 2 aliphatic carbocycles. The summed E-state index contributed by atoms with van der Waals surface area (Å²) >= 11 is 0. The van der Waals surface area contributed by atoms with Gasteiger partial charge in [-0.1, -0.05) is 233 Å². The first-order valence-corrected chi connectivity index (χ1v) is 35.7. The molecule has 0 amide bonds. The summed E-state index contributed by atoms with van der Waals surface area (Å²) in [6.07, 6.45) is 0. The van der Waals surface area contributed by atoms with Crippen molar-refractivity contribution in [3.63, 3.8) is 0 Å². The van der Waals surface area contributed by atoms with Crippen LogP contribution in [-0.4, -0.2) is 17.2 Å². The van der Waals surface area contributed by atoms with Gasteiger partial charge in [0.1, 0.15) is 8.07 Å². The van der Waals surface area contributed by atoms with Crippen LogP contribution in [0.3, 0.4) is 0 Å². The van der Waals surface area contributed by atoms with Crippen LogP contribution in [0.4, 0.5) is 34.1 Å². The Morgan fingerprint density at radius 3 is 1.00 bits per heavy atom. The van der Waals surface area contributed by atoms with E-state index in [0.29, 0.717) is 0 Å². The second-order valence-electron chi connectivity index (χ2n) is 27.4. The van der Waals surface area contributed by atoms with Gasteiger partial charge in [-0.2, -0.15) is 0 Å². The van der Waals surface area contributed by atoms with E-state index in [1.54, 1.807) is 0 Å². The van der Waals surface area contributed by atoms with Crippen molar-refractivity contribution in [3.05, 3.63) is 326 Å². The summed E-state index contributed by atoms with van der Waals surface area (Å²) in [6.45, 7) is 14.9. The summed E-state index contributed by atoms with van der Waals surface area (Å²) in [5.74, 6) is 0. The normalized spacial score (nSPS) is 13.7. The van der Waals surface area contributed by atoms with Gasteiger partial charge in [0.05, 0.1) is 22.1 Å². The van der Waals surface area contributed by atoms with Gasteiger partial charge in [0, 0.05) is 77.9 Å². The highest BCUT2D eigenvalue weighted by Crippen LogP contribution is 2.54. The van der Waals surface area contributed by atoms with E-state index in [-0.39, 0.29) is 10.8 Å². The standard InChI is InChI=1S/C88H68N4Si/c1-87(2)79-53-67(89(63-35-33-57-21-13-15-23-59(57)49-63)65-39-47-85-77(51-65)75-29-17-19-31-83(75)91(85)61-25-9-7-10-26-61)37-43-71(79)73-45-41-69(55-81(73)87)93(5,6)70-42-46-74-72-44-38-68(54-80(72)88(3,4)82(74)56-70)90(64-36-34-58-22-14-16-24-60(58)50-64)66-40-48-86-78(52-66)76-30-18-20-32-84(76)92(86)62-27-11-8-12-28-62/h7-56H,1-6H3. The molecule has 0 spiro atoms. The molecule has 2 aliphatic rings. The fraction of sp³-hybridized carbons (Fsp3) is 0.0909. The van der Waals surface area contributed by atoms with Crippen LogP contribution in [-0.2, 0) is 10.8 Å². The largest absolute Gasteiger partial charge is 0.310 e. The lowest BCUT2D eigenvalue weighted by Gasteiger charge is -2.30. The minimum atomic E-state index is -2.30. The molecule has 14 aromatic carbocycles. The molecule has 0 bridgehead atoms. The van der Waals surface area contributed by atoms with E-state index in [2.05, 4.69) is 363 Å². The molecule has 0 radical (unpaired) electrons. The summed E-state index contributed by atoms with van der Waals surface area (Å²) in [5.41, 5.74) is 24.2. The number of hydrogen-bond donors (Lipinski definition) is 0. The third-order valence-electron chi connectivity index (χ3n) is 21.1. The highest BCUT2D eigenvalue weighted by molar-refractivity contribution is 7.00. The van der Waals surface area contributed by atoms with E-state index in [4.69, 9.17) is 0 Å². The van der Waals surface area contributed by atoms with Crippen LogP contribution < -0.4 is 20.2 Å². The number of benzene rings is 14. The Labute approximate surface area is 544 Å². The number of para-hydroxylation sites is 4. The topological polar surface area (TPSA) is 16.3 Å². The molecule has 16 aromatic rings. The fourth-order valence-corrected chi connectivity index (χ4v) is 18.5. The van der Waals surface area contributed by atoms with Crippen molar-refractivity contribution in [1.82, 2.24) is 9.13 Å². The molecule has 93 heavy (non-hydrogen) atoms. The number of fused-ring (bicyclic) bond motifs is 14. The van der Waals surface area contributed by atoms with Crippen LogP contribution in [0.1, 0.15) is 49.9 Å². The van der Waals surface area contributed by atoms with Crippen LogP contribution in [0, 0.1) is 0 Å². The molecule has 0 fully saturated rings. The zero-order chi connectivity index (χ0) is 62.5. The van der Waals surface area contributed by atoms with E-state index in [9.17, 15) is 0 Å². The van der Waals surface area contributed by atoms with Gasteiger partial charge in [0.25, 0.3) is 0 Å². The van der Waals surface area contributed by atoms with E-state index in [1.807, 2.05) is 0 Å². The van der Waals surface area contributed by atoms with Crippen molar-refractivity contribution < 1.29 is 0 Å². The Bertz CT molecular complexity index is 5400. The first-order chi connectivity index (χ1) is 45.4. The lowest BCUT2D eigenvalue weighted by molar-refractivity contribution is 0.661. The Morgan fingerprint density at radius 2 is 0.570 bits per heavy atom. The molecule has 0 unspecified atom stereocenters. The second-order valence-corrected chi connectivity index (χ2v) is 31.8. The van der Waals surface area contributed by atoms with E-state index in [1.165, 1.54) is 120 Å². The third kappa shape index (κ3) is 8.43. The van der Waals surface area contributed by atoms with Crippen molar-refractivity contribution >= 4 is 118 Å². The summed E-state index contributed by atoms with van der Waals surface area (Å²) in [6, 6.07) is 114. The molecule has 0 saturated carbocycles. The molecule has 2 aromatic heterocycles. The quantitative estimate of drug-likeness (QED) is 0.127. The molecule has 0 saturated heterocycles. The number of anilines is 6. The van der Waals surface area contributed by atoms with Gasteiger partial charge in [0.15, 0.2) is 0 Å². The van der Waals surface area contributed by atoms with Crippen molar-refractivity contribution in [3.8, 4) is 33.6 Å². The van der Waals surface area contributed by atoms with Crippen LogP contribution in [0.15, 0.2) is 303 Å². The van der Waals surface area contributed by atoms with Crippen molar-refractivity contribution in [2.24, 2.45) is 0 Å². The Morgan fingerprint density at radius 1 is 0.258 bits per heavy atom. The molecule has 0 aliphatic heterocycles. The summed E-state index contributed by atoms with van der Waals surface area (Å²) in [4.78, 5) is 4.95. The molecule has 0 atom stereocenters. The molecule has 444 valence electrons. The van der Waals surface area contributed by atoms with Gasteiger partial charge in [-0.25, -0.2) is 0 Å². The predicted molar refractivity (Wildman–Crippen MR) is 398 cm³/mol. The maximum atomic E-state index is 2.59. The van der Waals surface area contributed by atoms with Crippen LogP contribution in [0.25, 0.3) is 98.8 Å². The number of hydrogen-bond acceptors (Lipinski definition) is 2. The van der Waals surface area contributed by atoms with Crippen molar-refractivity contribution in [1.29, 1.82) is 0 Å². The Kier molecular flexibility index (Phi) is 12.1. The summed E-state index contributed by atoms with van der Waals surface area (Å²) < 4.78 is 4.80. The molecular weight excluding hydrogens is 1140 g/mol. The lowest BCUT2D eigenvalue weighted by atomic mass is 9.82. The summed E-state index contributed by atoms with van der Waals surface area (Å²) in [7, 11) is -2.30. The molecule has 2 heterocycles. The van der Waals surface area contributed by atoms with Gasteiger partial charge in [0.2, 0.25) is 0 Å². The first kappa shape index (κ1) is 54.9.